The van der Waals surface area contributed by atoms with Crippen molar-refractivity contribution in [3.63, 3.8) is 0 Å². The highest BCUT2D eigenvalue weighted by Crippen LogP contribution is 2.40. The number of methoxy groups -OCH3 is 1. The zero-order valence-corrected chi connectivity index (χ0v) is 21.2. The van der Waals surface area contributed by atoms with Crippen molar-refractivity contribution < 1.29 is 37.4 Å². The van der Waals surface area contributed by atoms with Crippen LogP contribution < -0.4 is 0 Å². The topological polar surface area (TPSA) is 136 Å². The molecule has 0 aliphatic carbocycles. The molecular formula is C22H24F3N7O5S. The standard InChI is InChI=1S/C20H23N7O3S.C2HF3O2/c1-24-14(5-8-21-24)18(28)25-9-6-20(7-10-25)13-26(19(29)30-2)12-16-22-23-17(27(16)20)15-4-3-11-31-15;3-2(4,5)1(6)7/h3-5,8,11H,6-7,9-10,12-13H2,1-2H3;(H,6,7). The minimum absolute atomic E-state index is 0.0297. The third-order valence-corrected chi connectivity index (χ3v) is 7.33. The lowest BCUT2D eigenvalue weighted by Gasteiger charge is -2.48. The van der Waals surface area contributed by atoms with Gasteiger partial charge in [-0.15, -0.1) is 21.5 Å². The van der Waals surface area contributed by atoms with E-state index in [2.05, 4.69) is 19.9 Å². The number of likely N-dealkylation sites (tertiary alicyclic amines) is 1. The SMILES string of the molecule is COC(=O)N1Cc2nnc(-c3cccs3)n2C2(CCN(C(=O)c3ccnn3C)CC2)C1.O=C(O)C(F)(F)F. The lowest BCUT2D eigenvalue weighted by atomic mass is 9.84. The summed E-state index contributed by atoms with van der Waals surface area (Å²) in [7, 11) is 3.16. The van der Waals surface area contributed by atoms with Crippen LogP contribution in [-0.4, -0.2) is 90.3 Å². The number of nitrogens with zero attached hydrogens (tertiary/aromatic N) is 7. The van der Waals surface area contributed by atoms with Crippen molar-refractivity contribution in [1.29, 1.82) is 0 Å². The van der Waals surface area contributed by atoms with Gasteiger partial charge >= 0.3 is 18.2 Å². The van der Waals surface area contributed by atoms with Gasteiger partial charge in [-0.2, -0.15) is 18.3 Å². The maximum Gasteiger partial charge on any atom is 0.490 e. The van der Waals surface area contributed by atoms with E-state index in [1.165, 1.54) is 7.11 Å². The molecule has 16 heteroatoms. The number of thiophene rings is 1. The van der Waals surface area contributed by atoms with Gasteiger partial charge in [0.15, 0.2) is 11.6 Å². The van der Waals surface area contributed by atoms with Gasteiger partial charge in [-0.25, -0.2) is 9.59 Å². The summed E-state index contributed by atoms with van der Waals surface area (Å²) < 4.78 is 40.5. The maximum absolute atomic E-state index is 13.0. The summed E-state index contributed by atoms with van der Waals surface area (Å²) in [4.78, 5) is 38.8. The first-order valence-corrected chi connectivity index (χ1v) is 12.2. The molecule has 1 N–H and O–H groups in total. The largest absolute Gasteiger partial charge is 0.490 e. The number of aryl methyl sites for hydroxylation is 1. The molecule has 5 rings (SSSR count). The van der Waals surface area contributed by atoms with Gasteiger partial charge in [0, 0.05) is 32.9 Å². The quantitative estimate of drug-likeness (QED) is 0.510. The Morgan fingerprint density at radius 3 is 2.34 bits per heavy atom. The predicted octanol–water partition coefficient (Wildman–Crippen LogP) is 2.59. The van der Waals surface area contributed by atoms with Crippen LogP contribution in [0.2, 0.25) is 0 Å². The highest BCUT2D eigenvalue weighted by molar-refractivity contribution is 7.13. The Kier molecular flexibility index (Phi) is 7.44. The Bertz CT molecular complexity index is 1310. The van der Waals surface area contributed by atoms with Crippen molar-refractivity contribution in [2.24, 2.45) is 7.05 Å². The number of carbonyl (C=O) groups is 3. The number of ether oxygens (including phenoxy) is 1. The first kappa shape index (κ1) is 27.1. The number of fused-ring (bicyclic) bond motifs is 2. The van der Waals surface area contributed by atoms with E-state index in [0.29, 0.717) is 44.7 Å². The van der Waals surface area contributed by atoms with E-state index >= 15 is 0 Å². The van der Waals surface area contributed by atoms with Crippen molar-refractivity contribution in [1.82, 2.24) is 34.3 Å². The van der Waals surface area contributed by atoms with E-state index in [1.807, 2.05) is 22.4 Å². The molecule has 2 amide bonds. The number of halogens is 3. The van der Waals surface area contributed by atoms with Gasteiger partial charge < -0.3 is 19.3 Å². The second kappa shape index (κ2) is 10.4. The fraction of sp³-hybridized carbons (Fsp3) is 0.455. The first-order chi connectivity index (χ1) is 18.0. The second-order valence-electron chi connectivity index (χ2n) is 8.74. The van der Waals surface area contributed by atoms with Gasteiger partial charge in [0.25, 0.3) is 5.91 Å². The summed E-state index contributed by atoms with van der Waals surface area (Å²) in [6, 6.07) is 5.76. The fourth-order valence-electron chi connectivity index (χ4n) is 4.65. The zero-order valence-electron chi connectivity index (χ0n) is 20.4. The second-order valence-corrected chi connectivity index (χ2v) is 9.69. The predicted molar refractivity (Wildman–Crippen MR) is 126 cm³/mol. The van der Waals surface area contributed by atoms with Crippen molar-refractivity contribution >= 4 is 29.3 Å². The highest BCUT2D eigenvalue weighted by Gasteiger charge is 2.46. The third-order valence-electron chi connectivity index (χ3n) is 6.46. The van der Waals surface area contributed by atoms with E-state index in [9.17, 15) is 22.8 Å². The van der Waals surface area contributed by atoms with Crippen molar-refractivity contribution in [2.75, 3.05) is 26.7 Å². The van der Waals surface area contributed by atoms with E-state index in [-0.39, 0.29) is 12.0 Å². The monoisotopic (exact) mass is 555 g/mol. The van der Waals surface area contributed by atoms with Gasteiger partial charge in [-0.05, 0) is 30.4 Å². The number of aliphatic carboxylic acids is 1. The molecule has 1 spiro atoms. The summed E-state index contributed by atoms with van der Waals surface area (Å²) in [6.45, 7) is 1.99. The molecule has 1 fully saturated rings. The van der Waals surface area contributed by atoms with Crippen LogP contribution >= 0.6 is 11.3 Å². The van der Waals surface area contributed by atoms with E-state index in [0.717, 1.165) is 16.5 Å². The van der Waals surface area contributed by atoms with E-state index in [1.54, 1.807) is 40.2 Å². The van der Waals surface area contributed by atoms with Gasteiger partial charge in [0.05, 0.1) is 24.1 Å². The number of aromatic nitrogens is 5. The third kappa shape index (κ3) is 5.20. The van der Waals surface area contributed by atoms with Crippen molar-refractivity contribution in [3.8, 4) is 10.7 Å². The zero-order chi connectivity index (χ0) is 27.7. The Balaban J connectivity index is 0.000000426. The molecule has 3 aromatic heterocycles. The lowest BCUT2D eigenvalue weighted by molar-refractivity contribution is -0.192. The molecule has 204 valence electrons. The number of amides is 2. The smallest absolute Gasteiger partial charge is 0.475 e. The van der Waals surface area contributed by atoms with Crippen LogP contribution in [-0.2, 0) is 28.7 Å². The summed E-state index contributed by atoms with van der Waals surface area (Å²) in [5.41, 5.74) is 0.174. The molecule has 2 aliphatic rings. The average molecular weight is 556 g/mol. The molecule has 0 aromatic carbocycles. The average Bonchev–Trinajstić information content (AvgIpc) is 3.64. The van der Waals surface area contributed by atoms with Gasteiger partial charge in [-0.3, -0.25) is 14.4 Å². The van der Waals surface area contributed by atoms with Crippen LogP contribution in [0.3, 0.4) is 0 Å². The van der Waals surface area contributed by atoms with E-state index in [4.69, 9.17) is 14.6 Å². The number of hydrogen-bond acceptors (Lipinski definition) is 8. The van der Waals surface area contributed by atoms with Crippen LogP contribution in [0.5, 0.6) is 0 Å². The molecule has 38 heavy (non-hydrogen) atoms. The molecule has 3 aromatic rings. The van der Waals surface area contributed by atoms with Gasteiger partial charge in [0.2, 0.25) is 0 Å². The van der Waals surface area contributed by atoms with Gasteiger partial charge in [-0.1, -0.05) is 6.07 Å². The molecule has 5 heterocycles. The van der Waals surface area contributed by atoms with Crippen LogP contribution in [0.25, 0.3) is 10.7 Å². The number of alkyl halides is 3. The van der Waals surface area contributed by atoms with Crippen LogP contribution in [0.15, 0.2) is 29.8 Å². The molecule has 2 aliphatic heterocycles. The van der Waals surface area contributed by atoms with Crippen LogP contribution in [0.1, 0.15) is 29.2 Å². The minimum Gasteiger partial charge on any atom is -0.475 e. The number of rotatable bonds is 2. The number of carboxylic acid groups (broad SMARTS) is 1. The number of piperidine rings is 1. The molecule has 1 saturated heterocycles. The molecular weight excluding hydrogens is 531 g/mol. The van der Waals surface area contributed by atoms with Gasteiger partial charge in [0.1, 0.15) is 5.69 Å². The first-order valence-electron chi connectivity index (χ1n) is 11.4. The van der Waals surface area contributed by atoms with E-state index < -0.39 is 17.7 Å². The Hall–Kier alpha value is -3.95. The summed E-state index contributed by atoms with van der Waals surface area (Å²) in [5.74, 6) is -1.22. The summed E-state index contributed by atoms with van der Waals surface area (Å²) in [6.07, 6.45) is -2.45. The normalized spacial score (nSPS) is 16.4. The molecule has 0 saturated carbocycles. The maximum atomic E-state index is 13.0. The lowest BCUT2D eigenvalue weighted by Crippen LogP contribution is -2.57. The van der Waals surface area contributed by atoms with Crippen LogP contribution in [0, 0.1) is 0 Å². The van der Waals surface area contributed by atoms with Crippen molar-refractivity contribution in [2.45, 2.75) is 31.1 Å². The number of hydrogen-bond donors (Lipinski definition) is 1. The highest BCUT2D eigenvalue weighted by atomic mass is 32.1. The Labute approximate surface area is 218 Å². The molecule has 0 bridgehead atoms. The summed E-state index contributed by atoms with van der Waals surface area (Å²) in [5, 5.41) is 22.1. The minimum atomic E-state index is -5.08. The summed E-state index contributed by atoms with van der Waals surface area (Å²) >= 11 is 1.61. The number of carbonyl (C=O) groups excluding carboxylic acids is 2. The molecule has 12 nitrogen and oxygen atoms in total. The Morgan fingerprint density at radius 2 is 1.82 bits per heavy atom. The van der Waals surface area contributed by atoms with Crippen molar-refractivity contribution in [3.05, 3.63) is 41.3 Å². The number of carboxylic acids is 1. The molecule has 0 atom stereocenters. The van der Waals surface area contributed by atoms with Crippen LogP contribution in [0.4, 0.5) is 18.0 Å². The molecule has 0 radical (unpaired) electrons. The molecule has 0 unspecified atom stereocenters. The Morgan fingerprint density at radius 1 is 1.13 bits per heavy atom. The fourth-order valence-corrected chi connectivity index (χ4v) is 5.35.